The molecule has 0 aromatic carbocycles. The lowest BCUT2D eigenvalue weighted by atomic mass is 10.1. The zero-order chi connectivity index (χ0) is 25.1. The zero-order valence-electron chi connectivity index (χ0n) is 20.8. The quantitative estimate of drug-likeness (QED) is 0.109. The third-order valence-electron chi connectivity index (χ3n) is 4.81. The normalized spacial score (nSPS) is 16.3. The summed E-state index contributed by atoms with van der Waals surface area (Å²) >= 11 is 0. The highest BCUT2D eigenvalue weighted by atomic mass is 33.1. The van der Waals surface area contributed by atoms with Gasteiger partial charge in [0.1, 0.15) is 0 Å². The number of allylic oxidation sites excluding steroid dienone is 10. The summed E-state index contributed by atoms with van der Waals surface area (Å²) in [6.45, 7) is 2.14. The van der Waals surface area contributed by atoms with Crippen LogP contribution in [0.3, 0.4) is 0 Å². The molecule has 0 radical (unpaired) electrons. The van der Waals surface area contributed by atoms with E-state index >= 15 is 0 Å². The largest absolute Gasteiger partial charge is 0.481 e. The highest BCUT2D eigenvalue weighted by Crippen LogP contribution is 2.39. The molecule has 2 N–H and O–H groups in total. The molecule has 1 rings (SSSR count). The minimum atomic E-state index is -0.715. The Morgan fingerprint density at radius 1 is 0.735 bits per heavy atom. The molecule has 0 aromatic heterocycles. The predicted octanol–water partition coefficient (Wildman–Crippen LogP) is 8.78. The second-order valence-electron chi connectivity index (χ2n) is 7.96. The van der Waals surface area contributed by atoms with Crippen LogP contribution in [0.4, 0.5) is 0 Å². The van der Waals surface area contributed by atoms with E-state index in [-0.39, 0.29) is 6.42 Å². The summed E-state index contributed by atoms with van der Waals surface area (Å²) in [7, 11) is 3.92. The first-order chi connectivity index (χ1) is 16.6. The van der Waals surface area contributed by atoms with Crippen LogP contribution in [0.2, 0.25) is 0 Å². The molecule has 0 spiro atoms. The Hall–Kier alpha value is -1.66. The molecule has 0 bridgehead atoms. The fraction of sp³-hybridized carbons (Fsp3) is 0.571. The van der Waals surface area contributed by atoms with Crippen LogP contribution < -0.4 is 0 Å². The first-order valence-corrected chi connectivity index (χ1v) is 14.9. The van der Waals surface area contributed by atoms with E-state index < -0.39 is 11.9 Å². The van der Waals surface area contributed by atoms with E-state index in [4.69, 9.17) is 10.2 Å². The van der Waals surface area contributed by atoms with Crippen LogP contribution >= 0.6 is 21.6 Å². The summed E-state index contributed by atoms with van der Waals surface area (Å²) in [5.74, 6) is -0.107. The number of rotatable bonds is 18. The van der Waals surface area contributed by atoms with Crippen LogP contribution in [0, 0.1) is 0 Å². The van der Waals surface area contributed by atoms with E-state index in [0.29, 0.717) is 6.42 Å². The summed E-state index contributed by atoms with van der Waals surface area (Å²) < 4.78 is 0. The van der Waals surface area contributed by atoms with Crippen LogP contribution in [-0.2, 0) is 9.59 Å². The molecule has 6 heteroatoms. The van der Waals surface area contributed by atoms with Gasteiger partial charge in [-0.15, -0.1) is 0 Å². The molecule has 4 nitrogen and oxygen atoms in total. The van der Waals surface area contributed by atoms with Gasteiger partial charge in [0.05, 0.1) is 0 Å². The number of unbranched alkanes of at least 4 members (excludes halogenated alkanes) is 2. The van der Waals surface area contributed by atoms with Crippen molar-refractivity contribution in [2.45, 2.75) is 95.6 Å². The lowest BCUT2D eigenvalue weighted by Gasteiger charge is -2.04. The summed E-state index contributed by atoms with van der Waals surface area (Å²) in [6.07, 6.45) is 33.2. The highest BCUT2D eigenvalue weighted by molar-refractivity contribution is 8.77. The minimum Gasteiger partial charge on any atom is -0.481 e. The topological polar surface area (TPSA) is 74.6 Å². The van der Waals surface area contributed by atoms with Crippen molar-refractivity contribution in [2.24, 2.45) is 0 Å². The maximum Gasteiger partial charge on any atom is 0.303 e. The van der Waals surface area contributed by atoms with Crippen LogP contribution in [0.25, 0.3) is 0 Å². The minimum absolute atomic E-state index is 0.258. The highest BCUT2D eigenvalue weighted by Gasteiger charge is 2.15. The summed E-state index contributed by atoms with van der Waals surface area (Å²) in [5, 5.41) is 17.7. The van der Waals surface area contributed by atoms with Crippen LogP contribution in [0.5, 0.6) is 0 Å². The van der Waals surface area contributed by atoms with Crippen LogP contribution in [0.15, 0.2) is 60.8 Å². The molecule has 0 amide bonds. The van der Waals surface area contributed by atoms with E-state index in [1.54, 1.807) is 0 Å². The second-order valence-corrected chi connectivity index (χ2v) is 10.7. The van der Waals surface area contributed by atoms with Gasteiger partial charge in [0.15, 0.2) is 0 Å². The number of aliphatic carboxylic acids is 2. The van der Waals surface area contributed by atoms with Gasteiger partial charge >= 0.3 is 11.9 Å². The van der Waals surface area contributed by atoms with Crippen LogP contribution in [0.1, 0.15) is 90.4 Å². The number of carboxylic acids is 2. The van der Waals surface area contributed by atoms with Gasteiger partial charge in [-0.2, -0.15) is 0 Å². The number of hydrogen-bond acceptors (Lipinski definition) is 4. The van der Waals surface area contributed by atoms with Crippen LogP contribution in [-0.4, -0.2) is 33.2 Å². The van der Waals surface area contributed by atoms with E-state index in [2.05, 4.69) is 67.7 Å². The second kappa shape index (κ2) is 26.0. The molecule has 1 atom stereocenters. The maximum atomic E-state index is 10.3. The molecule has 1 fully saturated rings. The fourth-order valence-corrected chi connectivity index (χ4v) is 5.98. The Labute approximate surface area is 215 Å². The molecule has 1 aliphatic rings. The molecule has 0 saturated carbocycles. The van der Waals surface area contributed by atoms with Crippen molar-refractivity contribution in [1.82, 2.24) is 0 Å². The zero-order valence-corrected chi connectivity index (χ0v) is 22.4. The Balaban J connectivity index is 0.000000757. The molecule has 0 aromatic rings. The SMILES string of the molecule is CC/C=C\C/C=C\C/C=C\C/C=C\C/C=C\CCCC(=O)O.O=C(O)CCCCC1CCSS1. The summed E-state index contributed by atoms with van der Waals surface area (Å²) in [4.78, 5) is 20.5. The number of carbonyl (C=O) groups is 2. The average molecular weight is 509 g/mol. The van der Waals surface area contributed by atoms with Gasteiger partial charge in [-0.1, -0.05) is 95.7 Å². The first-order valence-electron chi connectivity index (χ1n) is 12.5. The number of carboxylic acid groups (broad SMARTS) is 2. The third kappa shape index (κ3) is 26.6. The molecule has 1 aliphatic heterocycles. The van der Waals surface area contributed by atoms with Crippen molar-refractivity contribution in [2.75, 3.05) is 5.75 Å². The fourth-order valence-electron chi connectivity index (χ4n) is 2.95. The van der Waals surface area contributed by atoms with Crippen molar-refractivity contribution in [3.63, 3.8) is 0 Å². The van der Waals surface area contributed by atoms with Gasteiger partial charge in [-0.05, 0) is 64.2 Å². The van der Waals surface area contributed by atoms with E-state index in [9.17, 15) is 9.59 Å². The van der Waals surface area contributed by atoms with Gasteiger partial charge in [-0.3, -0.25) is 9.59 Å². The lowest BCUT2D eigenvalue weighted by molar-refractivity contribution is -0.138. The molecule has 1 heterocycles. The van der Waals surface area contributed by atoms with Gasteiger partial charge in [-0.25, -0.2) is 0 Å². The van der Waals surface area contributed by atoms with Crippen molar-refractivity contribution >= 4 is 33.5 Å². The van der Waals surface area contributed by atoms with Gasteiger partial charge < -0.3 is 10.2 Å². The Bertz CT molecular complexity index is 645. The van der Waals surface area contributed by atoms with Crippen molar-refractivity contribution < 1.29 is 19.8 Å². The standard InChI is InChI=1S/C20H30O2.C8H14O2S2/c1-2-3-4-5-6-7-8-9-10-11-12-13-14-15-16-17-18-19-20(21)22;9-8(10)4-2-1-3-7-5-6-11-12-7/h3-4,6-7,9-10,12-13,15-16H,2,5,8,11,14,17-19H2,1H3,(H,21,22);7H,1-6H2,(H,9,10)/b4-3-,7-6-,10-9-,13-12-,16-15-;. The van der Waals surface area contributed by atoms with E-state index in [1.807, 2.05) is 21.6 Å². The molecule has 1 saturated heterocycles. The van der Waals surface area contributed by atoms with E-state index in [1.165, 1.54) is 18.6 Å². The van der Waals surface area contributed by atoms with Gasteiger partial charge in [0, 0.05) is 23.8 Å². The predicted molar refractivity (Wildman–Crippen MR) is 151 cm³/mol. The number of hydrogen-bond donors (Lipinski definition) is 2. The summed E-state index contributed by atoms with van der Waals surface area (Å²) in [5.41, 5.74) is 0. The summed E-state index contributed by atoms with van der Waals surface area (Å²) in [6, 6.07) is 0. The Kier molecular flexibility index (Phi) is 24.7. The molecule has 34 heavy (non-hydrogen) atoms. The molecule has 0 aliphatic carbocycles. The lowest BCUT2D eigenvalue weighted by Crippen LogP contribution is -1.99. The monoisotopic (exact) mass is 508 g/mol. The molecular weight excluding hydrogens is 464 g/mol. The molecular formula is C28H44O4S2. The molecule has 192 valence electrons. The average Bonchev–Trinajstić information content (AvgIpc) is 3.32. The van der Waals surface area contributed by atoms with Crippen molar-refractivity contribution in [3.8, 4) is 0 Å². The Morgan fingerprint density at radius 2 is 1.24 bits per heavy atom. The Morgan fingerprint density at radius 3 is 1.71 bits per heavy atom. The van der Waals surface area contributed by atoms with Crippen molar-refractivity contribution in [1.29, 1.82) is 0 Å². The van der Waals surface area contributed by atoms with E-state index in [0.717, 1.165) is 63.0 Å². The first kappa shape index (κ1) is 32.3. The third-order valence-corrected chi connectivity index (χ3v) is 7.82. The van der Waals surface area contributed by atoms with Crippen molar-refractivity contribution in [3.05, 3.63) is 60.8 Å². The smallest absolute Gasteiger partial charge is 0.303 e. The maximum absolute atomic E-state index is 10.3. The van der Waals surface area contributed by atoms with Gasteiger partial charge in [0.25, 0.3) is 0 Å². The molecule has 1 unspecified atom stereocenters. The van der Waals surface area contributed by atoms with Gasteiger partial charge in [0.2, 0.25) is 0 Å².